The van der Waals surface area contributed by atoms with E-state index in [1.807, 2.05) is 24.5 Å². The van der Waals surface area contributed by atoms with E-state index in [4.69, 9.17) is 12.2 Å². The maximum atomic E-state index is 5.68. The summed E-state index contributed by atoms with van der Waals surface area (Å²) in [6.45, 7) is 2.73. The molecular formula is C21H24N6S. The minimum atomic E-state index is 0.171. The second kappa shape index (κ2) is 7.13. The average Bonchev–Trinajstić information content (AvgIpc) is 3.51. The Labute approximate surface area is 170 Å². The Kier molecular flexibility index (Phi) is 4.47. The summed E-state index contributed by atoms with van der Waals surface area (Å²) in [7, 11) is 0. The Balaban J connectivity index is 1.27. The van der Waals surface area contributed by atoms with Crippen molar-refractivity contribution in [2.75, 3.05) is 24.5 Å². The Morgan fingerprint density at radius 1 is 1.07 bits per heavy atom. The van der Waals surface area contributed by atoms with Crippen LogP contribution < -0.4 is 10.3 Å². The third-order valence-corrected chi connectivity index (χ3v) is 6.35. The average molecular weight is 393 g/mol. The van der Waals surface area contributed by atoms with E-state index in [2.05, 4.69) is 48.5 Å². The van der Waals surface area contributed by atoms with Gasteiger partial charge in [0.15, 0.2) is 5.11 Å². The maximum Gasteiger partial charge on any atom is 0.189 e. The summed E-state index contributed by atoms with van der Waals surface area (Å²) in [5.74, 6) is 1.07. The fourth-order valence-corrected chi connectivity index (χ4v) is 4.56. The molecule has 7 heteroatoms. The summed E-state index contributed by atoms with van der Waals surface area (Å²) in [6, 6.07) is 10.3. The monoisotopic (exact) mass is 392 g/mol. The second-order valence-electron chi connectivity index (χ2n) is 7.83. The van der Waals surface area contributed by atoms with Crippen LogP contribution in [0.3, 0.4) is 0 Å². The predicted octanol–water partition coefficient (Wildman–Crippen LogP) is 2.75. The lowest BCUT2D eigenvalue weighted by Gasteiger charge is -2.43. The summed E-state index contributed by atoms with van der Waals surface area (Å²) in [4.78, 5) is 13.8. The van der Waals surface area contributed by atoms with Gasteiger partial charge in [-0.25, -0.2) is 4.98 Å². The zero-order chi connectivity index (χ0) is 19.0. The molecule has 1 saturated carbocycles. The molecule has 3 aliphatic rings. The van der Waals surface area contributed by atoms with E-state index in [1.165, 1.54) is 18.4 Å². The van der Waals surface area contributed by atoms with Crippen molar-refractivity contribution in [1.82, 2.24) is 20.3 Å². The van der Waals surface area contributed by atoms with E-state index in [-0.39, 0.29) is 5.54 Å². The molecule has 5 rings (SSSR count). The number of thiocarbonyl (C=S) groups is 1. The number of pyridine rings is 2. The van der Waals surface area contributed by atoms with Gasteiger partial charge in [0.1, 0.15) is 5.82 Å². The number of anilines is 1. The molecule has 1 spiro atoms. The molecule has 3 heterocycles. The maximum absolute atomic E-state index is 5.68. The fourth-order valence-electron chi connectivity index (χ4n) is 4.35. The van der Waals surface area contributed by atoms with Crippen LogP contribution in [0.1, 0.15) is 36.9 Å². The van der Waals surface area contributed by atoms with Gasteiger partial charge >= 0.3 is 0 Å². The molecule has 1 N–H and O–H groups in total. The Morgan fingerprint density at radius 2 is 1.96 bits per heavy atom. The number of aryl methyl sites for hydroxylation is 1. The van der Waals surface area contributed by atoms with Gasteiger partial charge in [0.05, 0.1) is 16.9 Å². The summed E-state index contributed by atoms with van der Waals surface area (Å²) < 4.78 is 0. The molecule has 1 aliphatic heterocycles. The number of piperazine rings is 1. The first-order chi connectivity index (χ1) is 13.8. The lowest BCUT2D eigenvalue weighted by atomic mass is 9.95. The minimum absolute atomic E-state index is 0.171. The zero-order valence-electron chi connectivity index (χ0n) is 15.8. The van der Waals surface area contributed by atoms with Crippen LogP contribution >= 0.6 is 12.2 Å². The van der Waals surface area contributed by atoms with Crippen LogP contribution in [0.4, 0.5) is 5.82 Å². The van der Waals surface area contributed by atoms with E-state index in [0.717, 1.165) is 56.1 Å². The quantitative estimate of drug-likeness (QED) is 0.627. The molecule has 28 heavy (non-hydrogen) atoms. The first-order valence-electron chi connectivity index (χ1n) is 10.00. The normalized spacial score (nSPS) is 21.5. The predicted molar refractivity (Wildman–Crippen MR) is 115 cm³/mol. The number of hydrazone groups is 1. The van der Waals surface area contributed by atoms with E-state index in [0.29, 0.717) is 5.11 Å². The van der Waals surface area contributed by atoms with Gasteiger partial charge in [0.25, 0.3) is 0 Å². The summed E-state index contributed by atoms with van der Waals surface area (Å²) in [6.07, 6.45) is 9.21. The van der Waals surface area contributed by atoms with Crippen LogP contribution in [0.2, 0.25) is 0 Å². The summed E-state index contributed by atoms with van der Waals surface area (Å²) >= 11 is 5.68. The van der Waals surface area contributed by atoms with E-state index in [9.17, 15) is 0 Å². The highest BCUT2D eigenvalue weighted by Gasteiger charge is 2.52. The third-order valence-electron chi connectivity index (χ3n) is 6.00. The van der Waals surface area contributed by atoms with Crippen molar-refractivity contribution in [3.63, 3.8) is 0 Å². The molecule has 0 atom stereocenters. The summed E-state index contributed by atoms with van der Waals surface area (Å²) in [5.41, 5.74) is 6.63. The van der Waals surface area contributed by atoms with Gasteiger partial charge in [-0.2, -0.15) is 5.10 Å². The highest BCUT2D eigenvalue weighted by atomic mass is 32.1. The van der Waals surface area contributed by atoms with Gasteiger partial charge in [-0.05, 0) is 68.1 Å². The van der Waals surface area contributed by atoms with Gasteiger partial charge in [-0.3, -0.25) is 10.4 Å². The minimum Gasteiger partial charge on any atom is -0.347 e. The van der Waals surface area contributed by atoms with Gasteiger partial charge in [0, 0.05) is 32.0 Å². The van der Waals surface area contributed by atoms with Gasteiger partial charge in [0.2, 0.25) is 0 Å². The number of rotatable bonds is 2. The molecule has 2 aromatic rings. The molecule has 144 valence electrons. The molecule has 0 bridgehead atoms. The lowest BCUT2D eigenvalue weighted by Crippen LogP contribution is -2.58. The molecule has 6 nitrogen and oxygen atoms in total. The largest absolute Gasteiger partial charge is 0.347 e. The number of hydrogen-bond acceptors (Lipinski definition) is 5. The van der Waals surface area contributed by atoms with Crippen LogP contribution in [-0.2, 0) is 6.42 Å². The van der Waals surface area contributed by atoms with Crippen molar-refractivity contribution >= 4 is 28.9 Å². The molecule has 0 unspecified atom stereocenters. The third kappa shape index (κ3) is 3.24. The fraction of sp³-hybridized carbons (Fsp3) is 0.429. The highest BCUT2D eigenvalue weighted by molar-refractivity contribution is 7.80. The molecule has 1 saturated heterocycles. The van der Waals surface area contributed by atoms with Crippen LogP contribution in [0, 0.1) is 0 Å². The topological polar surface area (TPSA) is 56.7 Å². The Morgan fingerprint density at radius 3 is 2.79 bits per heavy atom. The number of fused-ring (bicyclic) bond motifs is 1. The lowest BCUT2D eigenvalue weighted by molar-refractivity contribution is 0.310. The van der Waals surface area contributed by atoms with Crippen molar-refractivity contribution in [2.24, 2.45) is 5.10 Å². The molecule has 2 aromatic heterocycles. The van der Waals surface area contributed by atoms with Gasteiger partial charge in [-0.15, -0.1) is 0 Å². The molecule has 2 aliphatic carbocycles. The molecule has 0 amide bonds. The van der Waals surface area contributed by atoms with Crippen LogP contribution in [0.5, 0.6) is 0 Å². The first-order valence-corrected chi connectivity index (χ1v) is 10.4. The van der Waals surface area contributed by atoms with Crippen LogP contribution in [0.15, 0.2) is 47.8 Å². The number of nitrogens with one attached hydrogen (secondary N) is 1. The standard InChI is InChI=1S/C21H24N6S/c28-20(25-24-17-7-3-5-16-6-4-12-23-19(16)17)26-13-14-27(21(15-26)9-10-21)18-8-1-2-11-22-18/h1-2,4,6,8,11-12H,3,5,7,9-10,13-15H2,(H,25,28)/b24-17-. The number of aromatic nitrogens is 2. The van der Waals surface area contributed by atoms with Crippen molar-refractivity contribution in [1.29, 1.82) is 0 Å². The van der Waals surface area contributed by atoms with Crippen molar-refractivity contribution in [3.8, 4) is 0 Å². The van der Waals surface area contributed by atoms with Crippen molar-refractivity contribution in [2.45, 2.75) is 37.6 Å². The van der Waals surface area contributed by atoms with E-state index >= 15 is 0 Å². The van der Waals surface area contributed by atoms with Crippen LogP contribution in [0.25, 0.3) is 0 Å². The van der Waals surface area contributed by atoms with Crippen LogP contribution in [-0.4, -0.2) is 50.9 Å². The molecule has 2 fully saturated rings. The number of hydrogen-bond donors (Lipinski definition) is 1. The van der Waals surface area contributed by atoms with E-state index in [1.54, 1.807) is 0 Å². The van der Waals surface area contributed by atoms with Gasteiger partial charge < -0.3 is 9.80 Å². The second-order valence-corrected chi connectivity index (χ2v) is 8.21. The number of nitrogens with zero attached hydrogens (tertiary/aromatic N) is 5. The molecule has 0 radical (unpaired) electrons. The SMILES string of the molecule is S=C(N/N=C1/CCCc2cccnc21)N1CCN(c2ccccn2)C2(CC2)C1. The molecular weight excluding hydrogens is 368 g/mol. The summed E-state index contributed by atoms with van der Waals surface area (Å²) in [5, 5.41) is 5.35. The van der Waals surface area contributed by atoms with Gasteiger partial charge in [-0.1, -0.05) is 12.1 Å². The smallest absolute Gasteiger partial charge is 0.189 e. The van der Waals surface area contributed by atoms with E-state index < -0.39 is 0 Å². The Bertz CT molecular complexity index is 908. The Hall–Kier alpha value is -2.54. The van der Waals surface area contributed by atoms with Crippen molar-refractivity contribution in [3.05, 3.63) is 54.0 Å². The first kappa shape index (κ1) is 17.6. The zero-order valence-corrected chi connectivity index (χ0v) is 16.7. The van der Waals surface area contributed by atoms with Crippen molar-refractivity contribution < 1.29 is 0 Å². The highest BCUT2D eigenvalue weighted by Crippen LogP contribution is 2.45. The molecule has 0 aromatic carbocycles.